The zero-order chi connectivity index (χ0) is 17.2. The molecule has 3 heterocycles. The van der Waals surface area contributed by atoms with Crippen LogP contribution in [0.25, 0.3) is 5.69 Å². The van der Waals surface area contributed by atoms with Crippen LogP contribution in [0.2, 0.25) is 0 Å². The smallest absolute Gasteiger partial charge is 0.319 e. The molecule has 0 bridgehead atoms. The van der Waals surface area contributed by atoms with E-state index in [-0.39, 0.29) is 12.1 Å². The van der Waals surface area contributed by atoms with Crippen LogP contribution in [-0.4, -0.2) is 36.6 Å². The van der Waals surface area contributed by atoms with E-state index in [9.17, 15) is 4.79 Å². The van der Waals surface area contributed by atoms with Crippen LogP contribution in [0.15, 0.2) is 43.0 Å². The van der Waals surface area contributed by atoms with E-state index in [0.717, 1.165) is 35.6 Å². The van der Waals surface area contributed by atoms with E-state index in [1.54, 1.807) is 17.2 Å². The maximum absolute atomic E-state index is 12.4. The van der Waals surface area contributed by atoms with Crippen LogP contribution in [0.3, 0.4) is 0 Å². The Morgan fingerprint density at radius 3 is 3.08 bits per heavy atom. The highest BCUT2D eigenvalue weighted by atomic mass is 16.2. The lowest BCUT2D eigenvalue weighted by Crippen LogP contribution is -2.43. The van der Waals surface area contributed by atoms with E-state index < -0.39 is 0 Å². The van der Waals surface area contributed by atoms with Gasteiger partial charge in [0.05, 0.1) is 18.3 Å². The van der Waals surface area contributed by atoms with Gasteiger partial charge in [0.15, 0.2) is 0 Å². The molecule has 128 valence electrons. The van der Waals surface area contributed by atoms with E-state index in [1.807, 2.05) is 42.1 Å². The van der Waals surface area contributed by atoms with Gasteiger partial charge in [-0.15, -0.1) is 0 Å². The summed E-state index contributed by atoms with van der Waals surface area (Å²) < 4.78 is 3.61. The van der Waals surface area contributed by atoms with Gasteiger partial charge in [-0.05, 0) is 37.1 Å². The molecule has 3 aromatic rings. The minimum absolute atomic E-state index is 0.0452. The Morgan fingerprint density at radius 1 is 1.32 bits per heavy atom. The van der Waals surface area contributed by atoms with Gasteiger partial charge in [-0.1, -0.05) is 6.07 Å². The first-order valence-electron chi connectivity index (χ1n) is 8.24. The molecule has 0 fully saturated rings. The van der Waals surface area contributed by atoms with E-state index >= 15 is 0 Å². The van der Waals surface area contributed by atoms with Gasteiger partial charge in [-0.3, -0.25) is 0 Å². The number of nitrogens with one attached hydrogen (secondary N) is 2. The SMILES string of the molecule is Cc1ccc(-n2cccn2)cc1NC(=O)N[C@H]1CCc2ncnn2C1. The first-order valence-corrected chi connectivity index (χ1v) is 8.24. The Balaban J connectivity index is 1.43. The average Bonchev–Trinajstić information content (AvgIpc) is 3.27. The Bertz CT molecular complexity index is 884. The highest BCUT2D eigenvalue weighted by Crippen LogP contribution is 2.19. The van der Waals surface area contributed by atoms with Gasteiger partial charge in [-0.2, -0.15) is 10.2 Å². The Morgan fingerprint density at radius 2 is 2.24 bits per heavy atom. The number of amides is 2. The van der Waals surface area contributed by atoms with Crippen molar-refractivity contribution < 1.29 is 4.79 Å². The summed E-state index contributed by atoms with van der Waals surface area (Å²) in [6.07, 6.45) is 6.83. The molecule has 0 unspecified atom stereocenters. The van der Waals surface area contributed by atoms with Crippen molar-refractivity contribution in [3.05, 3.63) is 54.4 Å². The Hall–Kier alpha value is -3.16. The van der Waals surface area contributed by atoms with Gasteiger partial charge in [-0.25, -0.2) is 19.1 Å². The molecular formula is C17H19N7O. The van der Waals surface area contributed by atoms with Crippen LogP contribution in [0, 0.1) is 6.92 Å². The van der Waals surface area contributed by atoms with Gasteiger partial charge in [0.2, 0.25) is 0 Å². The zero-order valence-corrected chi connectivity index (χ0v) is 13.9. The molecule has 0 radical (unpaired) electrons. The Kier molecular flexibility index (Phi) is 3.93. The molecule has 0 spiro atoms. The molecule has 25 heavy (non-hydrogen) atoms. The molecule has 1 aliphatic heterocycles. The van der Waals surface area contributed by atoms with Crippen molar-refractivity contribution in [2.45, 2.75) is 32.4 Å². The number of benzene rings is 1. The number of aromatic nitrogens is 5. The number of anilines is 1. The van der Waals surface area contributed by atoms with Crippen molar-refractivity contribution in [2.75, 3.05) is 5.32 Å². The lowest BCUT2D eigenvalue weighted by atomic mass is 10.1. The second-order valence-corrected chi connectivity index (χ2v) is 6.14. The first kappa shape index (κ1) is 15.4. The third kappa shape index (κ3) is 3.23. The van der Waals surface area contributed by atoms with Gasteiger partial charge < -0.3 is 10.6 Å². The van der Waals surface area contributed by atoms with Crippen molar-refractivity contribution in [2.24, 2.45) is 0 Å². The van der Waals surface area contributed by atoms with Crippen LogP contribution >= 0.6 is 0 Å². The number of hydrogen-bond donors (Lipinski definition) is 2. The normalized spacial score (nSPS) is 16.3. The van der Waals surface area contributed by atoms with Crippen LogP contribution in [0.4, 0.5) is 10.5 Å². The topological polar surface area (TPSA) is 89.7 Å². The van der Waals surface area contributed by atoms with Crippen LogP contribution in [0.1, 0.15) is 17.8 Å². The quantitative estimate of drug-likeness (QED) is 0.764. The molecule has 2 aromatic heterocycles. The molecule has 0 saturated heterocycles. The number of carbonyl (C=O) groups excluding carboxylic acids is 1. The van der Waals surface area contributed by atoms with Crippen molar-refractivity contribution >= 4 is 11.7 Å². The first-order chi connectivity index (χ1) is 12.2. The fraction of sp³-hybridized carbons (Fsp3) is 0.294. The summed E-state index contributed by atoms with van der Waals surface area (Å²) >= 11 is 0. The van der Waals surface area contributed by atoms with E-state index in [0.29, 0.717) is 6.54 Å². The van der Waals surface area contributed by atoms with Crippen molar-refractivity contribution in [3.63, 3.8) is 0 Å². The summed E-state index contributed by atoms with van der Waals surface area (Å²) in [4.78, 5) is 16.6. The number of rotatable bonds is 3. The van der Waals surface area contributed by atoms with Crippen molar-refractivity contribution in [1.29, 1.82) is 0 Å². The maximum Gasteiger partial charge on any atom is 0.319 e. The van der Waals surface area contributed by atoms with Gasteiger partial charge >= 0.3 is 6.03 Å². The number of hydrogen-bond acceptors (Lipinski definition) is 4. The standard InChI is InChI=1S/C17H19N7O/c1-12-3-5-14(23-8-2-7-19-23)9-15(12)22-17(25)21-13-4-6-16-18-11-20-24(16)10-13/h2-3,5,7-9,11,13H,4,6,10H2,1H3,(H2,21,22,25)/t13-/m0/s1. The molecule has 2 N–H and O–H groups in total. The van der Waals surface area contributed by atoms with Crippen LogP contribution in [0.5, 0.6) is 0 Å². The zero-order valence-electron chi connectivity index (χ0n) is 13.9. The summed E-state index contributed by atoms with van der Waals surface area (Å²) in [5, 5.41) is 14.4. The summed E-state index contributed by atoms with van der Waals surface area (Å²) in [6, 6.07) is 7.55. The number of nitrogens with zero attached hydrogens (tertiary/aromatic N) is 5. The van der Waals surface area contributed by atoms with Crippen LogP contribution in [-0.2, 0) is 13.0 Å². The number of fused-ring (bicyclic) bond motifs is 1. The van der Waals surface area contributed by atoms with Crippen LogP contribution < -0.4 is 10.6 Å². The minimum atomic E-state index is -0.214. The van der Waals surface area contributed by atoms with E-state index in [2.05, 4.69) is 25.8 Å². The summed E-state index contributed by atoms with van der Waals surface area (Å²) in [7, 11) is 0. The third-order valence-corrected chi connectivity index (χ3v) is 4.38. The molecule has 1 aromatic carbocycles. The minimum Gasteiger partial charge on any atom is -0.333 e. The molecule has 8 heteroatoms. The van der Waals surface area contributed by atoms with E-state index in [4.69, 9.17) is 0 Å². The lowest BCUT2D eigenvalue weighted by Gasteiger charge is -2.24. The molecule has 0 saturated carbocycles. The Labute approximate surface area is 144 Å². The fourth-order valence-corrected chi connectivity index (χ4v) is 3.01. The van der Waals surface area contributed by atoms with E-state index in [1.165, 1.54) is 0 Å². The van der Waals surface area contributed by atoms with Crippen molar-refractivity contribution in [3.8, 4) is 5.69 Å². The molecule has 4 rings (SSSR count). The summed E-state index contributed by atoms with van der Waals surface area (Å²) in [5.74, 6) is 0.973. The van der Waals surface area contributed by atoms with Crippen molar-refractivity contribution in [1.82, 2.24) is 29.9 Å². The number of aryl methyl sites for hydroxylation is 2. The van der Waals surface area contributed by atoms with Gasteiger partial charge in [0.1, 0.15) is 12.2 Å². The summed E-state index contributed by atoms with van der Waals surface area (Å²) in [5.41, 5.74) is 2.66. The fourth-order valence-electron chi connectivity index (χ4n) is 3.01. The summed E-state index contributed by atoms with van der Waals surface area (Å²) in [6.45, 7) is 2.61. The average molecular weight is 337 g/mol. The second kappa shape index (κ2) is 6.39. The molecule has 1 aliphatic rings. The molecule has 1 atom stereocenters. The van der Waals surface area contributed by atoms with Gasteiger partial charge in [0.25, 0.3) is 0 Å². The highest BCUT2D eigenvalue weighted by Gasteiger charge is 2.21. The number of carbonyl (C=O) groups is 1. The highest BCUT2D eigenvalue weighted by molar-refractivity contribution is 5.90. The lowest BCUT2D eigenvalue weighted by molar-refractivity contribution is 0.243. The third-order valence-electron chi connectivity index (χ3n) is 4.38. The molecule has 0 aliphatic carbocycles. The predicted molar refractivity (Wildman–Crippen MR) is 92.6 cm³/mol. The largest absolute Gasteiger partial charge is 0.333 e. The maximum atomic E-state index is 12.4. The molecule has 8 nitrogen and oxygen atoms in total. The number of urea groups is 1. The molecule has 2 amide bonds. The van der Waals surface area contributed by atoms with Gasteiger partial charge in [0, 0.05) is 24.5 Å². The predicted octanol–water partition coefficient (Wildman–Crippen LogP) is 1.91. The monoisotopic (exact) mass is 337 g/mol. The molecular weight excluding hydrogens is 318 g/mol. The second-order valence-electron chi connectivity index (χ2n) is 6.14.